The van der Waals surface area contributed by atoms with Gasteiger partial charge in [-0.2, -0.15) is 0 Å². The molecule has 1 aliphatic heterocycles. The van der Waals surface area contributed by atoms with E-state index >= 15 is 0 Å². The molecular formula is C22H22N2O5. The minimum atomic E-state index is -0.766. The zero-order valence-electron chi connectivity index (χ0n) is 16.1. The lowest BCUT2D eigenvalue weighted by molar-refractivity contribution is -0.147. The summed E-state index contributed by atoms with van der Waals surface area (Å²) in [6, 6.07) is 14.8. The fourth-order valence-corrected chi connectivity index (χ4v) is 3.09. The third kappa shape index (κ3) is 4.87. The van der Waals surface area contributed by atoms with Crippen molar-refractivity contribution in [2.45, 2.75) is 19.8 Å². The van der Waals surface area contributed by atoms with Gasteiger partial charge in [0.05, 0.1) is 11.3 Å². The van der Waals surface area contributed by atoms with E-state index in [1.165, 1.54) is 0 Å². The standard InChI is InChI=1S/C22H22N2O5/c1-2-15-8-9-18-17(12-15)21(27)22(28)24(18)13-20(26)29-14-19(25)23-11-10-16-6-4-3-5-7-16/h3-9,12H,2,10-11,13-14H2,1H3,(H,23,25). The quantitative estimate of drug-likeness (QED) is 0.543. The van der Waals surface area contributed by atoms with Gasteiger partial charge in [0.2, 0.25) is 0 Å². The van der Waals surface area contributed by atoms with E-state index < -0.39 is 36.7 Å². The van der Waals surface area contributed by atoms with E-state index in [9.17, 15) is 19.2 Å². The number of nitrogens with one attached hydrogen (secondary N) is 1. The Morgan fingerprint density at radius 2 is 1.79 bits per heavy atom. The molecule has 0 atom stereocenters. The highest BCUT2D eigenvalue weighted by Gasteiger charge is 2.37. The second kappa shape index (κ2) is 9.14. The monoisotopic (exact) mass is 394 g/mol. The number of ketones is 1. The average Bonchev–Trinajstić information content (AvgIpc) is 2.97. The third-order valence-electron chi connectivity index (χ3n) is 4.67. The van der Waals surface area contributed by atoms with Crippen LogP contribution in [0.3, 0.4) is 0 Å². The molecule has 0 aromatic heterocycles. The molecule has 3 rings (SSSR count). The average molecular weight is 394 g/mol. The smallest absolute Gasteiger partial charge is 0.326 e. The summed E-state index contributed by atoms with van der Waals surface area (Å²) in [4.78, 5) is 49.4. The van der Waals surface area contributed by atoms with E-state index in [1.54, 1.807) is 12.1 Å². The van der Waals surface area contributed by atoms with Crippen molar-refractivity contribution in [1.29, 1.82) is 0 Å². The van der Waals surface area contributed by atoms with Crippen LogP contribution in [0.5, 0.6) is 0 Å². The van der Waals surface area contributed by atoms with E-state index in [0.717, 1.165) is 22.4 Å². The predicted octanol–water partition coefficient (Wildman–Crippen LogP) is 1.68. The van der Waals surface area contributed by atoms with E-state index in [-0.39, 0.29) is 0 Å². The maximum absolute atomic E-state index is 12.2. The number of nitrogens with zero attached hydrogens (tertiary/aromatic N) is 1. The van der Waals surface area contributed by atoms with Gasteiger partial charge in [0, 0.05) is 6.54 Å². The lowest BCUT2D eigenvalue weighted by Crippen LogP contribution is -2.37. The van der Waals surface area contributed by atoms with Crippen LogP contribution in [-0.2, 0) is 32.0 Å². The lowest BCUT2D eigenvalue weighted by Gasteiger charge is -2.15. The summed E-state index contributed by atoms with van der Waals surface area (Å²) in [5.74, 6) is -2.58. The predicted molar refractivity (Wildman–Crippen MR) is 107 cm³/mol. The summed E-state index contributed by atoms with van der Waals surface area (Å²) in [5.41, 5.74) is 2.70. The van der Waals surface area contributed by atoms with Crippen LogP contribution < -0.4 is 10.2 Å². The molecule has 1 aliphatic rings. The Morgan fingerprint density at radius 1 is 1.03 bits per heavy atom. The van der Waals surface area contributed by atoms with Crippen LogP contribution in [-0.4, -0.2) is 43.3 Å². The Balaban J connectivity index is 1.48. The van der Waals surface area contributed by atoms with Crippen molar-refractivity contribution in [3.8, 4) is 0 Å². The minimum absolute atomic E-state index is 0.292. The van der Waals surface area contributed by atoms with Crippen LogP contribution >= 0.6 is 0 Å². The van der Waals surface area contributed by atoms with Crippen molar-refractivity contribution in [2.24, 2.45) is 0 Å². The molecule has 0 unspecified atom stereocenters. The summed E-state index contributed by atoms with van der Waals surface area (Å²) in [6.07, 6.45) is 1.40. The molecule has 1 heterocycles. The minimum Gasteiger partial charge on any atom is -0.454 e. The van der Waals surface area contributed by atoms with Crippen LogP contribution in [0.2, 0.25) is 0 Å². The summed E-state index contributed by atoms with van der Waals surface area (Å²) < 4.78 is 4.96. The van der Waals surface area contributed by atoms with Crippen molar-refractivity contribution >= 4 is 29.3 Å². The molecular weight excluding hydrogens is 372 g/mol. The van der Waals surface area contributed by atoms with Gasteiger partial charge in [-0.25, -0.2) is 0 Å². The Hall–Kier alpha value is -3.48. The fourth-order valence-electron chi connectivity index (χ4n) is 3.09. The van der Waals surface area contributed by atoms with Crippen LogP contribution in [0.15, 0.2) is 48.5 Å². The molecule has 0 bridgehead atoms. The van der Waals surface area contributed by atoms with Gasteiger partial charge in [0.15, 0.2) is 6.61 Å². The zero-order chi connectivity index (χ0) is 20.8. The number of esters is 1. The number of benzene rings is 2. The Morgan fingerprint density at radius 3 is 2.52 bits per heavy atom. The van der Waals surface area contributed by atoms with E-state index in [4.69, 9.17) is 4.74 Å². The second-order valence-corrected chi connectivity index (χ2v) is 6.67. The normalized spacial score (nSPS) is 12.7. The summed E-state index contributed by atoms with van der Waals surface area (Å²) in [5, 5.41) is 2.67. The maximum atomic E-state index is 12.2. The lowest BCUT2D eigenvalue weighted by atomic mass is 10.1. The highest BCUT2D eigenvalue weighted by atomic mass is 16.5. The number of amides is 2. The van der Waals surface area contributed by atoms with Gasteiger partial charge < -0.3 is 10.1 Å². The Labute approximate surface area is 168 Å². The number of anilines is 1. The number of aryl methyl sites for hydroxylation is 1. The first kappa shape index (κ1) is 20.3. The van der Waals surface area contributed by atoms with Gasteiger partial charge in [-0.3, -0.25) is 24.1 Å². The van der Waals surface area contributed by atoms with Crippen molar-refractivity contribution in [3.63, 3.8) is 0 Å². The number of ether oxygens (including phenoxy) is 1. The molecule has 1 N–H and O–H groups in total. The molecule has 2 aromatic carbocycles. The van der Waals surface area contributed by atoms with Gasteiger partial charge in [0.25, 0.3) is 17.6 Å². The number of rotatable bonds is 8. The molecule has 150 valence electrons. The largest absolute Gasteiger partial charge is 0.454 e. The molecule has 7 nitrogen and oxygen atoms in total. The number of fused-ring (bicyclic) bond motifs is 1. The van der Waals surface area contributed by atoms with Gasteiger partial charge in [-0.1, -0.05) is 43.3 Å². The number of carbonyl (C=O) groups is 4. The van der Waals surface area contributed by atoms with Gasteiger partial charge in [0.1, 0.15) is 6.54 Å². The second-order valence-electron chi connectivity index (χ2n) is 6.67. The molecule has 0 saturated heterocycles. The first-order valence-corrected chi connectivity index (χ1v) is 9.45. The highest BCUT2D eigenvalue weighted by Crippen LogP contribution is 2.29. The third-order valence-corrected chi connectivity index (χ3v) is 4.67. The number of hydrogen-bond donors (Lipinski definition) is 1. The van der Waals surface area contributed by atoms with Crippen LogP contribution in [0.1, 0.15) is 28.4 Å². The maximum Gasteiger partial charge on any atom is 0.326 e. The summed E-state index contributed by atoms with van der Waals surface area (Å²) >= 11 is 0. The van der Waals surface area contributed by atoms with Crippen LogP contribution in [0.25, 0.3) is 0 Å². The Kier molecular flexibility index (Phi) is 6.39. The fraction of sp³-hybridized carbons (Fsp3) is 0.273. The van der Waals surface area contributed by atoms with Gasteiger partial charge in [-0.15, -0.1) is 0 Å². The van der Waals surface area contributed by atoms with Crippen molar-refractivity contribution in [1.82, 2.24) is 5.32 Å². The Bertz CT molecular complexity index is 939. The molecule has 0 spiro atoms. The van der Waals surface area contributed by atoms with Crippen molar-refractivity contribution < 1.29 is 23.9 Å². The highest BCUT2D eigenvalue weighted by molar-refractivity contribution is 6.52. The van der Waals surface area contributed by atoms with E-state index in [2.05, 4.69) is 5.32 Å². The van der Waals surface area contributed by atoms with Crippen molar-refractivity contribution in [2.75, 3.05) is 24.6 Å². The first-order chi connectivity index (χ1) is 14.0. The molecule has 0 saturated carbocycles. The van der Waals surface area contributed by atoms with E-state index in [1.807, 2.05) is 43.3 Å². The molecule has 2 aromatic rings. The number of Topliss-reactive ketones (excluding diaryl/α,β-unsaturated/α-hetero) is 1. The molecule has 7 heteroatoms. The van der Waals surface area contributed by atoms with E-state index in [0.29, 0.717) is 24.2 Å². The number of hydrogen-bond acceptors (Lipinski definition) is 5. The zero-order valence-corrected chi connectivity index (χ0v) is 16.1. The molecule has 0 radical (unpaired) electrons. The summed E-state index contributed by atoms with van der Waals surface area (Å²) in [7, 11) is 0. The first-order valence-electron chi connectivity index (χ1n) is 9.45. The molecule has 29 heavy (non-hydrogen) atoms. The van der Waals surface area contributed by atoms with Gasteiger partial charge >= 0.3 is 5.97 Å². The molecule has 2 amide bonds. The van der Waals surface area contributed by atoms with Crippen molar-refractivity contribution in [3.05, 3.63) is 65.2 Å². The molecule has 0 fully saturated rings. The summed E-state index contributed by atoms with van der Waals surface area (Å²) in [6.45, 7) is 1.52. The van der Waals surface area contributed by atoms with Crippen LogP contribution in [0, 0.1) is 0 Å². The van der Waals surface area contributed by atoms with Crippen LogP contribution in [0.4, 0.5) is 5.69 Å². The topological polar surface area (TPSA) is 92.8 Å². The van der Waals surface area contributed by atoms with Gasteiger partial charge in [-0.05, 0) is 36.1 Å². The number of carbonyl (C=O) groups excluding carboxylic acids is 4. The SMILES string of the molecule is CCc1ccc2c(c1)C(=O)C(=O)N2CC(=O)OCC(=O)NCCc1ccccc1. The molecule has 0 aliphatic carbocycles.